The number of ether oxygens (including phenoxy) is 1. The van der Waals surface area contributed by atoms with E-state index in [2.05, 4.69) is 20.6 Å². The highest BCUT2D eigenvalue weighted by Gasteiger charge is 2.29. The summed E-state index contributed by atoms with van der Waals surface area (Å²) in [7, 11) is 0. The van der Waals surface area contributed by atoms with Gasteiger partial charge in [0.15, 0.2) is 6.61 Å². The van der Waals surface area contributed by atoms with E-state index in [1.54, 1.807) is 24.5 Å². The van der Waals surface area contributed by atoms with E-state index in [0.717, 1.165) is 24.0 Å². The van der Waals surface area contributed by atoms with Gasteiger partial charge in [-0.1, -0.05) is 13.8 Å². The largest absolute Gasteiger partial charge is 0.471 e. The Balaban J connectivity index is 1.67. The lowest BCUT2D eigenvalue weighted by atomic mass is 10.0. The molecule has 33 heavy (non-hydrogen) atoms. The number of hydrogen-bond acceptors (Lipinski definition) is 5. The second kappa shape index (κ2) is 11.2. The first-order valence-corrected chi connectivity index (χ1v) is 11.2. The molecule has 1 saturated carbocycles. The van der Waals surface area contributed by atoms with Gasteiger partial charge in [0, 0.05) is 36.8 Å². The van der Waals surface area contributed by atoms with Gasteiger partial charge in [-0.2, -0.15) is 0 Å². The molecule has 2 heterocycles. The maximum Gasteiger partial charge on any atom is 0.272 e. The quantitative estimate of drug-likeness (QED) is 0.532. The summed E-state index contributed by atoms with van der Waals surface area (Å²) < 4.78 is 30.3. The molecule has 0 saturated heterocycles. The summed E-state index contributed by atoms with van der Waals surface area (Å²) in [6.07, 6.45) is 2.95. The fourth-order valence-corrected chi connectivity index (χ4v) is 3.38. The van der Waals surface area contributed by atoms with Crippen LogP contribution < -0.4 is 15.4 Å². The van der Waals surface area contributed by atoms with Crippen LogP contribution in [0.5, 0.6) is 5.88 Å². The molecule has 1 atom stereocenters. The van der Waals surface area contributed by atoms with Crippen molar-refractivity contribution in [3.8, 4) is 5.88 Å². The van der Waals surface area contributed by atoms with Gasteiger partial charge in [0.1, 0.15) is 0 Å². The molecular weight excluding hydrogens is 430 g/mol. The van der Waals surface area contributed by atoms with Crippen molar-refractivity contribution < 1.29 is 23.1 Å². The van der Waals surface area contributed by atoms with Crippen LogP contribution in [0.2, 0.25) is 0 Å². The van der Waals surface area contributed by atoms with Gasteiger partial charge in [-0.15, -0.1) is 0 Å². The minimum Gasteiger partial charge on any atom is -0.471 e. The molecule has 2 aromatic rings. The van der Waals surface area contributed by atoms with E-state index >= 15 is 0 Å². The fourth-order valence-electron chi connectivity index (χ4n) is 3.38. The first kappa shape index (κ1) is 24.5. The minimum atomic E-state index is -2.57. The highest BCUT2D eigenvalue weighted by molar-refractivity contribution is 5.95. The van der Waals surface area contributed by atoms with Crippen molar-refractivity contribution in [1.82, 2.24) is 20.6 Å². The Bertz CT molecular complexity index is 980. The number of nitrogens with zero attached hydrogens (tertiary/aromatic N) is 2. The summed E-state index contributed by atoms with van der Waals surface area (Å²) in [5, 5.41) is 5.79. The van der Waals surface area contributed by atoms with Crippen LogP contribution in [0.1, 0.15) is 72.8 Å². The zero-order chi connectivity index (χ0) is 24.0. The molecule has 2 N–H and O–H groups in total. The van der Waals surface area contributed by atoms with E-state index < -0.39 is 13.0 Å². The Morgan fingerprint density at radius 2 is 1.97 bits per heavy atom. The van der Waals surface area contributed by atoms with Crippen LogP contribution in [0.4, 0.5) is 8.78 Å². The predicted molar refractivity (Wildman–Crippen MR) is 119 cm³/mol. The van der Waals surface area contributed by atoms with E-state index in [9.17, 15) is 18.4 Å². The molecular formula is C24H30F2N4O3. The predicted octanol–water partition coefficient (Wildman–Crippen LogP) is 3.80. The van der Waals surface area contributed by atoms with Gasteiger partial charge in [-0.3, -0.25) is 14.6 Å². The van der Waals surface area contributed by atoms with Crippen LogP contribution in [0, 0.1) is 5.92 Å². The number of halogens is 2. The second-order valence-electron chi connectivity index (χ2n) is 8.53. The smallest absolute Gasteiger partial charge is 0.272 e. The zero-order valence-corrected chi connectivity index (χ0v) is 19.1. The van der Waals surface area contributed by atoms with Crippen molar-refractivity contribution in [3.05, 3.63) is 53.0 Å². The van der Waals surface area contributed by atoms with E-state index in [0.29, 0.717) is 24.2 Å². The Hall–Kier alpha value is -3.10. The molecule has 1 fully saturated rings. The number of aromatic nitrogens is 2. The average Bonchev–Trinajstić information content (AvgIpc) is 3.63. The SMILES string of the molecule is CC(C)C(=O)NCCc1ncccc1C(=O)NC(C)c1cnc(OCC(F)F)c(C2CC2)c1. The van der Waals surface area contributed by atoms with Crippen LogP contribution in [0.15, 0.2) is 30.6 Å². The summed E-state index contributed by atoms with van der Waals surface area (Å²) in [5.74, 6) is 0.0352. The number of carbonyl (C=O) groups excluding carboxylic acids is 2. The summed E-state index contributed by atoms with van der Waals surface area (Å²) in [4.78, 5) is 33.3. The number of hydrogen-bond donors (Lipinski definition) is 2. The molecule has 0 radical (unpaired) electrons. The first-order valence-electron chi connectivity index (χ1n) is 11.2. The number of rotatable bonds is 11. The third-order valence-electron chi connectivity index (χ3n) is 5.43. The Kier molecular flexibility index (Phi) is 8.30. The van der Waals surface area contributed by atoms with E-state index in [1.165, 1.54) is 0 Å². The van der Waals surface area contributed by atoms with Crippen LogP contribution in [0.3, 0.4) is 0 Å². The van der Waals surface area contributed by atoms with Crippen molar-refractivity contribution in [1.29, 1.82) is 0 Å². The lowest BCUT2D eigenvalue weighted by Gasteiger charge is -2.18. The van der Waals surface area contributed by atoms with Gasteiger partial charge in [0.25, 0.3) is 12.3 Å². The normalized spacial score (nSPS) is 14.3. The number of pyridine rings is 2. The van der Waals surface area contributed by atoms with Crippen molar-refractivity contribution in [2.45, 2.75) is 58.4 Å². The average molecular weight is 461 g/mol. The third kappa shape index (κ3) is 6.94. The van der Waals surface area contributed by atoms with Crippen molar-refractivity contribution >= 4 is 11.8 Å². The molecule has 7 nitrogen and oxygen atoms in total. The van der Waals surface area contributed by atoms with Crippen LogP contribution in [-0.2, 0) is 11.2 Å². The molecule has 1 unspecified atom stereocenters. The van der Waals surface area contributed by atoms with Gasteiger partial charge >= 0.3 is 0 Å². The third-order valence-corrected chi connectivity index (χ3v) is 5.43. The van der Waals surface area contributed by atoms with Crippen molar-refractivity contribution in [2.75, 3.05) is 13.2 Å². The molecule has 3 rings (SSSR count). The molecule has 9 heteroatoms. The van der Waals surface area contributed by atoms with E-state index in [4.69, 9.17) is 4.74 Å². The first-order chi connectivity index (χ1) is 15.8. The zero-order valence-electron chi connectivity index (χ0n) is 19.1. The van der Waals surface area contributed by atoms with Gasteiger partial charge in [0.05, 0.1) is 17.3 Å². The summed E-state index contributed by atoms with van der Waals surface area (Å²) >= 11 is 0. The lowest BCUT2D eigenvalue weighted by Crippen LogP contribution is -2.31. The molecule has 1 aliphatic carbocycles. The summed E-state index contributed by atoms with van der Waals surface area (Å²) in [5.41, 5.74) is 2.61. The van der Waals surface area contributed by atoms with E-state index in [-0.39, 0.29) is 35.6 Å². The van der Waals surface area contributed by atoms with Gasteiger partial charge < -0.3 is 15.4 Å². The molecule has 2 aromatic heterocycles. The number of amides is 2. The Labute approximate surface area is 192 Å². The molecule has 0 aromatic carbocycles. The Morgan fingerprint density at radius 3 is 2.64 bits per heavy atom. The standard InChI is InChI=1S/C24H30F2N4O3/c1-14(2)22(31)28-10-8-20-18(5-4-9-27-20)23(32)30-15(3)17-11-19(16-6-7-16)24(29-12-17)33-13-21(25)26/h4-5,9,11-12,14-16,21H,6-8,10,13H2,1-3H3,(H,28,31)(H,30,32). The number of nitrogens with one attached hydrogen (secondary N) is 2. The fraction of sp³-hybridized carbons (Fsp3) is 0.500. The molecule has 178 valence electrons. The number of carbonyl (C=O) groups is 2. The summed E-state index contributed by atoms with van der Waals surface area (Å²) in [6.45, 7) is 5.16. The van der Waals surface area contributed by atoms with Crippen LogP contribution in [0.25, 0.3) is 0 Å². The number of alkyl halides is 2. The molecule has 0 aliphatic heterocycles. The molecule has 0 spiro atoms. The molecule has 1 aliphatic rings. The lowest BCUT2D eigenvalue weighted by molar-refractivity contribution is -0.123. The second-order valence-corrected chi connectivity index (χ2v) is 8.53. The monoisotopic (exact) mass is 460 g/mol. The van der Waals surface area contributed by atoms with Crippen LogP contribution >= 0.6 is 0 Å². The topological polar surface area (TPSA) is 93.2 Å². The van der Waals surface area contributed by atoms with Crippen molar-refractivity contribution in [3.63, 3.8) is 0 Å². The van der Waals surface area contributed by atoms with Gasteiger partial charge in [-0.05, 0) is 49.4 Å². The van der Waals surface area contributed by atoms with Crippen molar-refractivity contribution in [2.24, 2.45) is 5.92 Å². The summed E-state index contributed by atoms with van der Waals surface area (Å²) in [6, 6.07) is 4.91. The maximum atomic E-state index is 13.0. The van der Waals surface area contributed by atoms with Crippen LogP contribution in [-0.4, -0.2) is 41.4 Å². The van der Waals surface area contributed by atoms with Gasteiger partial charge in [-0.25, -0.2) is 13.8 Å². The molecule has 0 bridgehead atoms. The van der Waals surface area contributed by atoms with Gasteiger partial charge in [0.2, 0.25) is 11.8 Å². The van der Waals surface area contributed by atoms with E-state index in [1.807, 2.05) is 26.8 Å². The maximum absolute atomic E-state index is 13.0. The highest BCUT2D eigenvalue weighted by Crippen LogP contribution is 2.44. The minimum absolute atomic E-state index is 0.0505. The highest BCUT2D eigenvalue weighted by atomic mass is 19.3. The Morgan fingerprint density at radius 1 is 1.21 bits per heavy atom. The molecule has 2 amide bonds.